The van der Waals surface area contributed by atoms with Crippen LogP contribution < -0.4 is 16.0 Å². The summed E-state index contributed by atoms with van der Waals surface area (Å²) in [6.07, 6.45) is 1.09. The molecule has 0 radical (unpaired) electrons. The Balaban J connectivity index is 1.76. The minimum Gasteiger partial charge on any atom is -0.385 e. The van der Waals surface area contributed by atoms with Crippen molar-refractivity contribution in [2.75, 3.05) is 49.7 Å². The van der Waals surface area contributed by atoms with Crippen molar-refractivity contribution in [3.05, 3.63) is 29.3 Å². The maximum Gasteiger partial charge on any atom is 0.234 e. The SMILES string of the molecule is CCCNc1ccc(Sc2nc(NCCN(C)C)nc(Nc3nnc(C)s3)n2)cc1. The predicted octanol–water partition coefficient (Wildman–Crippen LogP) is 3.72. The van der Waals surface area contributed by atoms with E-state index in [0.717, 1.165) is 41.6 Å². The fourth-order valence-electron chi connectivity index (χ4n) is 2.39. The van der Waals surface area contributed by atoms with Crippen molar-refractivity contribution in [3.8, 4) is 0 Å². The van der Waals surface area contributed by atoms with Crippen molar-refractivity contribution >= 4 is 45.8 Å². The zero-order valence-corrected chi connectivity index (χ0v) is 19.3. The van der Waals surface area contributed by atoms with E-state index in [0.29, 0.717) is 22.2 Å². The molecule has 9 nitrogen and oxygen atoms in total. The summed E-state index contributed by atoms with van der Waals surface area (Å²) >= 11 is 2.94. The van der Waals surface area contributed by atoms with Crippen LogP contribution in [-0.4, -0.2) is 63.8 Å². The van der Waals surface area contributed by atoms with E-state index in [2.05, 4.69) is 77.2 Å². The van der Waals surface area contributed by atoms with Gasteiger partial charge in [0.25, 0.3) is 0 Å². The van der Waals surface area contributed by atoms with Gasteiger partial charge in [0.1, 0.15) is 5.01 Å². The number of hydrogen-bond donors (Lipinski definition) is 3. The fourth-order valence-corrected chi connectivity index (χ4v) is 3.72. The number of rotatable bonds is 11. The van der Waals surface area contributed by atoms with E-state index in [4.69, 9.17) is 0 Å². The molecule has 0 aliphatic rings. The Bertz CT molecular complexity index is 928. The van der Waals surface area contributed by atoms with E-state index in [1.165, 1.54) is 23.1 Å². The second-order valence-corrected chi connectivity index (χ2v) is 9.02. The normalized spacial score (nSPS) is 11.0. The highest BCUT2D eigenvalue weighted by molar-refractivity contribution is 7.99. The van der Waals surface area contributed by atoms with Gasteiger partial charge < -0.3 is 15.5 Å². The van der Waals surface area contributed by atoms with E-state index in [1.54, 1.807) is 0 Å². The molecule has 0 fully saturated rings. The first-order valence-electron chi connectivity index (χ1n) is 9.75. The average molecular weight is 446 g/mol. The van der Waals surface area contributed by atoms with Crippen molar-refractivity contribution in [2.45, 2.75) is 30.3 Å². The van der Waals surface area contributed by atoms with Gasteiger partial charge in [-0.25, -0.2) is 0 Å². The third kappa shape index (κ3) is 7.08. The number of aromatic nitrogens is 5. The molecule has 0 amide bonds. The highest BCUT2D eigenvalue weighted by Crippen LogP contribution is 2.28. The first-order chi connectivity index (χ1) is 14.5. The maximum atomic E-state index is 4.57. The van der Waals surface area contributed by atoms with Gasteiger partial charge in [0, 0.05) is 30.2 Å². The van der Waals surface area contributed by atoms with Crippen molar-refractivity contribution in [1.29, 1.82) is 0 Å². The van der Waals surface area contributed by atoms with Crippen molar-refractivity contribution in [1.82, 2.24) is 30.0 Å². The monoisotopic (exact) mass is 445 g/mol. The van der Waals surface area contributed by atoms with Crippen LogP contribution in [0.15, 0.2) is 34.3 Å². The molecule has 1 aromatic carbocycles. The Labute approximate surface area is 185 Å². The van der Waals surface area contributed by atoms with Gasteiger partial charge in [-0.05, 0) is 63.5 Å². The highest BCUT2D eigenvalue weighted by atomic mass is 32.2. The number of anilines is 4. The van der Waals surface area contributed by atoms with Gasteiger partial charge in [0.2, 0.25) is 17.0 Å². The van der Waals surface area contributed by atoms with Crippen LogP contribution in [0.1, 0.15) is 18.4 Å². The standard InChI is InChI=1S/C19H27N9S2/c1-5-10-20-14-6-8-15(9-7-14)30-18-23-16(21-11-12-28(3)4)22-17(24-18)25-19-27-26-13(2)29-19/h6-9,20H,5,10-12H2,1-4H3,(H2,21,22,23,24,25,27). The van der Waals surface area contributed by atoms with Crippen LogP contribution in [-0.2, 0) is 0 Å². The molecule has 0 unspecified atom stereocenters. The number of benzene rings is 1. The lowest BCUT2D eigenvalue weighted by molar-refractivity contribution is 0.425. The van der Waals surface area contributed by atoms with Gasteiger partial charge in [0.05, 0.1) is 0 Å². The van der Waals surface area contributed by atoms with Gasteiger partial charge in [-0.15, -0.1) is 10.2 Å². The smallest absolute Gasteiger partial charge is 0.234 e. The van der Waals surface area contributed by atoms with Crippen LogP contribution in [0.4, 0.5) is 22.7 Å². The van der Waals surface area contributed by atoms with E-state index < -0.39 is 0 Å². The first kappa shape index (κ1) is 22.2. The summed E-state index contributed by atoms with van der Waals surface area (Å²) in [6.45, 7) is 6.62. The quantitative estimate of drug-likeness (QED) is 0.404. The molecule has 30 heavy (non-hydrogen) atoms. The fraction of sp³-hybridized carbons (Fsp3) is 0.421. The van der Waals surface area contributed by atoms with E-state index in [-0.39, 0.29) is 0 Å². The molecule has 3 rings (SSSR count). The van der Waals surface area contributed by atoms with Crippen LogP contribution in [0, 0.1) is 6.92 Å². The third-order valence-electron chi connectivity index (χ3n) is 3.84. The molecule has 0 atom stereocenters. The number of nitrogens with zero attached hydrogens (tertiary/aromatic N) is 6. The van der Waals surface area contributed by atoms with Gasteiger partial charge >= 0.3 is 0 Å². The van der Waals surface area contributed by atoms with Crippen LogP contribution >= 0.6 is 23.1 Å². The molecule has 0 aliphatic heterocycles. The second-order valence-electron chi connectivity index (χ2n) is 6.80. The third-order valence-corrected chi connectivity index (χ3v) is 5.47. The lowest BCUT2D eigenvalue weighted by Gasteiger charge is -2.12. The molecule has 11 heteroatoms. The topological polar surface area (TPSA) is 104 Å². The van der Waals surface area contributed by atoms with Crippen LogP contribution in [0.5, 0.6) is 0 Å². The van der Waals surface area contributed by atoms with Gasteiger partial charge in [-0.2, -0.15) is 15.0 Å². The molecule has 3 aromatic rings. The summed E-state index contributed by atoms with van der Waals surface area (Å²) < 4.78 is 0. The molecular weight excluding hydrogens is 418 g/mol. The summed E-state index contributed by atoms with van der Waals surface area (Å²) in [5, 5.41) is 20.0. The number of nitrogens with one attached hydrogen (secondary N) is 3. The molecule has 0 spiro atoms. The summed E-state index contributed by atoms with van der Waals surface area (Å²) in [7, 11) is 4.06. The Hall–Kier alpha value is -2.50. The molecule has 0 saturated carbocycles. The van der Waals surface area contributed by atoms with Gasteiger partial charge in [-0.3, -0.25) is 5.32 Å². The Morgan fingerprint density at radius 1 is 0.967 bits per heavy atom. The van der Waals surface area contributed by atoms with Crippen molar-refractivity contribution < 1.29 is 0 Å². The van der Waals surface area contributed by atoms with E-state index in [9.17, 15) is 0 Å². The Kier molecular flexibility index (Phi) is 8.17. The van der Waals surface area contributed by atoms with Gasteiger partial charge in [-0.1, -0.05) is 18.3 Å². The van der Waals surface area contributed by atoms with E-state index >= 15 is 0 Å². The van der Waals surface area contributed by atoms with Crippen LogP contribution in [0.25, 0.3) is 0 Å². The van der Waals surface area contributed by atoms with Crippen molar-refractivity contribution in [3.63, 3.8) is 0 Å². The van der Waals surface area contributed by atoms with Crippen LogP contribution in [0.2, 0.25) is 0 Å². The molecule has 0 aliphatic carbocycles. The maximum absolute atomic E-state index is 4.57. The Morgan fingerprint density at radius 3 is 2.40 bits per heavy atom. The first-order valence-corrected chi connectivity index (χ1v) is 11.4. The summed E-state index contributed by atoms with van der Waals surface area (Å²) in [4.78, 5) is 16.7. The zero-order valence-electron chi connectivity index (χ0n) is 17.6. The number of likely N-dealkylation sites (N-methyl/N-ethyl adjacent to an activating group) is 1. The minimum absolute atomic E-state index is 0.442. The highest BCUT2D eigenvalue weighted by Gasteiger charge is 2.11. The predicted molar refractivity (Wildman–Crippen MR) is 124 cm³/mol. The Morgan fingerprint density at radius 2 is 1.73 bits per heavy atom. The lowest BCUT2D eigenvalue weighted by atomic mass is 10.3. The molecule has 3 N–H and O–H groups in total. The van der Waals surface area contributed by atoms with Crippen LogP contribution in [0.3, 0.4) is 0 Å². The number of aryl methyl sites for hydroxylation is 1. The summed E-state index contributed by atoms with van der Waals surface area (Å²) in [5.41, 5.74) is 1.11. The summed E-state index contributed by atoms with van der Waals surface area (Å²) in [6, 6.07) is 8.26. The van der Waals surface area contributed by atoms with E-state index in [1.807, 2.05) is 21.0 Å². The molecule has 0 bridgehead atoms. The molecule has 160 valence electrons. The minimum atomic E-state index is 0.442. The molecule has 0 saturated heterocycles. The number of hydrogen-bond acceptors (Lipinski definition) is 11. The van der Waals surface area contributed by atoms with Gasteiger partial charge in [0.15, 0.2) is 5.16 Å². The van der Waals surface area contributed by atoms with Crippen molar-refractivity contribution in [2.24, 2.45) is 0 Å². The average Bonchev–Trinajstić information content (AvgIpc) is 3.11. The molecular formula is C19H27N9S2. The summed E-state index contributed by atoms with van der Waals surface area (Å²) in [5.74, 6) is 0.969. The second kappa shape index (κ2) is 11.0. The molecule has 2 aromatic heterocycles. The lowest BCUT2D eigenvalue weighted by Crippen LogP contribution is -2.21. The largest absolute Gasteiger partial charge is 0.385 e. The zero-order chi connectivity index (χ0) is 21.3. The molecule has 2 heterocycles.